The van der Waals surface area contributed by atoms with Crippen LogP contribution in [0.1, 0.15) is 31.2 Å². The highest BCUT2D eigenvalue weighted by Gasteiger charge is 2.27. The van der Waals surface area contributed by atoms with Gasteiger partial charge in [0, 0.05) is 17.6 Å². The topological polar surface area (TPSA) is 61.9 Å². The van der Waals surface area contributed by atoms with Gasteiger partial charge in [0.25, 0.3) is 0 Å². The van der Waals surface area contributed by atoms with Gasteiger partial charge in [0.2, 0.25) is 0 Å². The molecule has 6 nitrogen and oxygen atoms in total. The van der Waals surface area contributed by atoms with Crippen molar-refractivity contribution in [1.82, 2.24) is 4.90 Å². The fourth-order valence-electron chi connectivity index (χ4n) is 3.76. The summed E-state index contributed by atoms with van der Waals surface area (Å²) in [4.78, 5) is 2.25. The minimum absolute atomic E-state index is 0.458. The van der Waals surface area contributed by atoms with Gasteiger partial charge >= 0.3 is 10.2 Å². The molecule has 32 heavy (non-hydrogen) atoms. The van der Waals surface area contributed by atoms with E-state index in [2.05, 4.69) is 39.2 Å². The summed E-state index contributed by atoms with van der Waals surface area (Å²) in [6.45, 7) is 6.85. The van der Waals surface area contributed by atoms with Gasteiger partial charge < -0.3 is 9.64 Å². The SMILES string of the molecule is C=CCN(C)CCCCCOc1ccc2c(c1)CCCN2S(=O)(=O)Nc1ccc(Br)cc1. The van der Waals surface area contributed by atoms with Gasteiger partial charge in [-0.15, -0.1) is 6.58 Å². The van der Waals surface area contributed by atoms with E-state index in [0.717, 1.165) is 66.7 Å². The summed E-state index contributed by atoms with van der Waals surface area (Å²) in [6.07, 6.45) is 6.78. The monoisotopic (exact) mass is 521 g/mol. The number of hydrogen-bond acceptors (Lipinski definition) is 4. The maximum atomic E-state index is 13.0. The van der Waals surface area contributed by atoms with Crippen LogP contribution in [0.15, 0.2) is 59.6 Å². The maximum absolute atomic E-state index is 13.0. The lowest BCUT2D eigenvalue weighted by atomic mass is 10.0. The van der Waals surface area contributed by atoms with E-state index < -0.39 is 10.2 Å². The number of aryl methyl sites for hydroxylation is 1. The van der Waals surface area contributed by atoms with Crippen molar-refractivity contribution in [3.05, 3.63) is 65.2 Å². The minimum atomic E-state index is -3.70. The number of benzene rings is 2. The Labute approximate surface area is 200 Å². The maximum Gasteiger partial charge on any atom is 0.323 e. The van der Waals surface area contributed by atoms with Gasteiger partial charge in [-0.25, -0.2) is 0 Å². The molecule has 2 aromatic rings. The molecule has 0 aliphatic carbocycles. The van der Waals surface area contributed by atoms with Crippen LogP contribution < -0.4 is 13.8 Å². The molecule has 0 saturated carbocycles. The van der Waals surface area contributed by atoms with Crippen molar-refractivity contribution in [3.8, 4) is 5.75 Å². The molecule has 0 radical (unpaired) electrons. The molecule has 1 aliphatic heterocycles. The second-order valence-electron chi connectivity index (χ2n) is 8.04. The molecular formula is C24H32BrN3O3S. The number of anilines is 2. The standard InChI is InChI=1S/C24H32BrN3O3S/c1-3-15-27(2)16-5-4-6-18-31-23-13-14-24-20(19-23)8-7-17-28(24)32(29,30)26-22-11-9-21(25)10-12-22/h3,9-14,19,26H,1,4-8,15-18H2,2H3. The minimum Gasteiger partial charge on any atom is -0.494 e. The van der Waals surface area contributed by atoms with Crippen LogP contribution in [0.25, 0.3) is 0 Å². The van der Waals surface area contributed by atoms with Crippen LogP contribution in [0, 0.1) is 0 Å². The van der Waals surface area contributed by atoms with Gasteiger partial charge in [-0.3, -0.25) is 9.03 Å². The van der Waals surface area contributed by atoms with Gasteiger partial charge in [0.15, 0.2) is 0 Å². The molecule has 8 heteroatoms. The highest BCUT2D eigenvalue weighted by molar-refractivity contribution is 9.10. The average Bonchev–Trinajstić information content (AvgIpc) is 2.77. The van der Waals surface area contributed by atoms with E-state index in [1.807, 2.05) is 36.4 Å². The van der Waals surface area contributed by atoms with Crippen LogP contribution in [0.4, 0.5) is 11.4 Å². The lowest BCUT2D eigenvalue weighted by molar-refractivity contribution is 0.295. The van der Waals surface area contributed by atoms with Crippen molar-refractivity contribution in [2.75, 3.05) is 42.3 Å². The zero-order chi connectivity index (χ0) is 23.0. The van der Waals surface area contributed by atoms with Crippen molar-refractivity contribution >= 4 is 37.5 Å². The lowest BCUT2D eigenvalue weighted by Crippen LogP contribution is -2.39. The van der Waals surface area contributed by atoms with Gasteiger partial charge in [-0.05, 0) is 93.7 Å². The zero-order valence-corrected chi connectivity index (χ0v) is 21.0. The van der Waals surface area contributed by atoms with Crippen LogP contribution >= 0.6 is 15.9 Å². The summed E-state index contributed by atoms with van der Waals surface area (Å²) < 4.78 is 37.0. The summed E-state index contributed by atoms with van der Waals surface area (Å²) in [6, 6.07) is 12.8. The fourth-order valence-corrected chi connectivity index (χ4v) is 5.38. The highest BCUT2D eigenvalue weighted by Crippen LogP contribution is 2.33. The Morgan fingerprint density at radius 2 is 1.97 bits per heavy atom. The van der Waals surface area contributed by atoms with Crippen molar-refractivity contribution in [1.29, 1.82) is 0 Å². The number of nitrogens with zero attached hydrogens (tertiary/aromatic N) is 2. The number of rotatable bonds is 12. The molecule has 174 valence electrons. The smallest absolute Gasteiger partial charge is 0.323 e. The van der Waals surface area contributed by atoms with E-state index in [1.54, 1.807) is 12.1 Å². The Morgan fingerprint density at radius 3 is 2.72 bits per heavy atom. The average molecular weight is 523 g/mol. The fraction of sp³-hybridized carbons (Fsp3) is 0.417. The first-order valence-corrected chi connectivity index (χ1v) is 13.2. The van der Waals surface area contributed by atoms with E-state index in [1.165, 1.54) is 4.31 Å². The first kappa shape index (κ1) is 24.6. The van der Waals surface area contributed by atoms with Crippen LogP contribution in [0.2, 0.25) is 0 Å². The number of nitrogens with one attached hydrogen (secondary N) is 1. The second kappa shape index (κ2) is 11.7. The summed E-state index contributed by atoms with van der Waals surface area (Å²) >= 11 is 3.37. The van der Waals surface area contributed by atoms with Gasteiger partial charge in [0.1, 0.15) is 5.75 Å². The predicted molar refractivity (Wildman–Crippen MR) is 136 cm³/mol. The summed E-state index contributed by atoms with van der Waals surface area (Å²) in [5.41, 5.74) is 2.26. The molecule has 0 aromatic heterocycles. The third kappa shape index (κ3) is 6.98. The number of fused-ring (bicyclic) bond motifs is 1. The number of halogens is 1. The van der Waals surface area contributed by atoms with Crippen LogP contribution in [-0.4, -0.2) is 46.6 Å². The normalized spacial score (nSPS) is 13.7. The number of hydrogen-bond donors (Lipinski definition) is 1. The van der Waals surface area contributed by atoms with Crippen molar-refractivity contribution in [2.45, 2.75) is 32.1 Å². The predicted octanol–water partition coefficient (Wildman–Crippen LogP) is 5.23. The highest BCUT2D eigenvalue weighted by atomic mass is 79.9. The van der Waals surface area contributed by atoms with Crippen molar-refractivity contribution in [2.24, 2.45) is 0 Å². The third-order valence-corrected chi connectivity index (χ3v) is 7.38. The summed E-state index contributed by atoms with van der Waals surface area (Å²) in [7, 11) is -1.60. The second-order valence-corrected chi connectivity index (χ2v) is 10.6. The van der Waals surface area contributed by atoms with Gasteiger partial charge in [-0.2, -0.15) is 8.42 Å². The van der Waals surface area contributed by atoms with Crippen LogP contribution in [-0.2, 0) is 16.6 Å². The largest absolute Gasteiger partial charge is 0.494 e. The van der Waals surface area contributed by atoms with E-state index in [0.29, 0.717) is 18.8 Å². The Morgan fingerprint density at radius 1 is 1.19 bits per heavy atom. The molecule has 0 spiro atoms. The molecule has 0 amide bonds. The Bertz CT molecular complexity index is 996. The summed E-state index contributed by atoms with van der Waals surface area (Å²) in [5.74, 6) is 0.799. The number of ether oxygens (including phenoxy) is 1. The van der Waals surface area contributed by atoms with Gasteiger partial charge in [0.05, 0.1) is 18.0 Å². The lowest BCUT2D eigenvalue weighted by Gasteiger charge is -2.31. The van der Waals surface area contributed by atoms with E-state index in [4.69, 9.17) is 4.74 Å². The molecule has 0 saturated heterocycles. The summed E-state index contributed by atoms with van der Waals surface area (Å²) in [5, 5.41) is 0. The first-order chi connectivity index (χ1) is 15.4. The van der Waals surface area contributed by atoms with Gasteiger partial charge in [-0.1, -0.05) is 22.0 Å². The van der Waals surface area contributed by atoms with E-state index in [-0.39, 0.29) is 0 Å². The Kier molecular flexibility index (Phi) is 9.02. The molecule has 0 bridgehead atoms. The molecule has 0 atom stereocenters. The van der Waals surface area contributed by atoms with Crippen molar-refractivity contribution in [3.63, 3.8) is 0 Å². The quantitative estimate of drug-likeness (QED) is 0.307. The van der Waals surface area contributed by atoms with Crippen molar-refractivity contribution < 1.29 is 13.2 Å². The Hall–Kier alpha value is -2.03. The van der Waals surface area contributed by atoms with Crippen LogP contribution in [0.3, 0.4) is 0 Å². The number of unbranched alkanes of at least 4 members (excludes halogenated alkanes) is 2. The molecule has 1 heterocycles. The van der Waals surface area contributed by atoms with E-state index >= 15 is 0 Å². The first-order valence-electron chi connectivity index (χ1n) is 11.0. The van der Waals surface area contributed by atoms with Crippen LogP contribution in [0.5, 0.6) is 5.75 Å². The molecule has 0 unspecified atom stereocenters. The zero-order valence-electron chi connectivity index (χ0n) is 18.6. The Balaban J connectivity index is 1.55. The molecule has 2 aromatic carbocycles. The molecule has 1 N–H and O–H groups in total. The number of likely N-dealkylation sites (N-methyl/N-ethyl adjacent to an activating group) is 1. The third-order valence-electron chi connectivity index (χ3n) is 5.40. The molecular weight excluding hydrogens is 490 g/mol. The van der Waals surface area contributed by atoms with E-state index in [9.17, 15) is 8.42 Å². The molecule has 1 aliphatic rings. The molecule has 3 rings (SSSR count). The molecule has 0 fully saturated rings.